The number of aryl methyl sites for hydroxylation is 2. The molecule has 14 heteroatoms. The summed E-state index contributed by atoms with van der Waals surface area (Å²) in [4.78, 5) is 43.6. The minimum absolute atomic E-state index is 0.0833. The van der Waals surface area contributed by atoms with Crippen LogP contribution < -0.4 is 15.4 Å². The topological polar surface area (TPSA) is 149 Å². The SMILES string of the molecule is CC(C)COc1ccc(Cn2c(CCC(=O)N[C@@H](C)c3ccc(F)cc3)nc3cccnc32)cc1.C[C@H](NC(=O)CCc1nc2cccnc2n1Cc1ccc(O)cc1)c1ccc(F)cc1. The third-order valence-electron chi connectivity index (χ3n) is 10.9. The second kappa shape index (κ2) is 21.9. The number of carbonyl (C=O) groups excluding carboxylic acids is 2. The number of hydrogen-bond donors (Lipinski definition) is 3. The van der Waals surface area contributed by atoms with Crippen LogP contribution >= 0.6 is 0 Å². The first-order valence-corrected chi connectivity index (χ1v) is 22.1. The third kappa shape index (κ3) is 12.6. The highest BCUT2D eigenvalue weighted by molar-refractivity contribution is 5.78. The molecule has 0 aliphatic carbocycles. The zero-order chi connectivity index (χ0) is 46.6. The molecule has 8 aromatic rings. The molecule has 66 heavy (non-hydrogen) atoms. The minimum atomic E-state index is -0.302. The molecule has 0 bridgehead atoms. The summed E-state index contributed by atoms with van der Waals surface area (Å²) >= 11 is 0. The van der Waals surface area contributed by atoms with Crippen LogP contribution in [0.1, 0.15) is 86.5 Å². The van der Waals surface area contributed by atoms with Crippen molar-refractivity contribution >= 4 is 34.1 Å². The zero-order valence-electron chi connectivity index (χ0n) is 37.5. The molecule has 340 valence electrons. The van der Waals surface area contributed by atoms with E-state index in [2.05, 4.69) is 44.0 Å². The number of amides is 2. The van der Waals surface area contributed by atoms with E-state index >= 15 is 0 Å². The number of aromatic hydroxyl groups is 1. The van der Waals surface area contributed by atoms with Gasteiger partial charge in [0.15, 0.2) is 11.3 Å². The predicted octanol–water partition coefficient (Wildman–Crippen LogP) is 9.60. The van der Waals surface area contributed by atoms with Crippen LogP contribution in [0.15, 0.2) is 134 Å². The van der Waals surface area contributed by atoms with Crippen LogP contribution in [0, 0.1) is 17.6 Å². The maximum Gasteiger partial charge on any atom is 0.220 e. The third-order valence-corrected chi connectivity index (χ3v) is 10.9. The number of phenolic OH excluding ortho intramolecular Hbond substituents is 1. The first kappa shape index (κ1) is 46.5. The van der Waals surface area contributed by atoms with Crippen LogP contribution in [0.4, 0.5) is 8.78 Å². The number of hydrogen-bond acceptors (Lipinski definition) is 8. The number of ether oxygens (including phenoxy) is 1. The van der Waals surface area contributed by atoms with Gasteiger partial charge in [-0.2, -0.15) is 0 Å². The molecule has 0 radical (unpaired) electrons. The van der Waals surface area contributed by atoms with Gasteiger partial charge in [0.05, 0.1) is 31.8 Å². The molecule has 0 unspecified atom stereocenters. The van der Waals surface area contributed by atoms with Gasteiger partial charge in [-0.3, -0.25) is 9.59 Å². The lowest BCUT2D eigenvalue weighted by atomic mass is 10.1. The van der Waals surface area contributed by atoms with Crippen LogP contribution in [-0.4, -0.2) is 52.6 Å². The number of fused-ring (bicyclic) bond motifs is 2. The van der Waals surface area contributed by atoms with Crippen molar-refractivity contribution in [1.29, 1.82) is 0 Å². The fourth-order valence-electron chi connectivity index (χ4n) is 7.39. The number of nitrogens with zero attached hydrogens (tertiary/aromatic N) is 6. The lowest BCUT2D eigenvalue weighted by Crippen LogP contribution is -2.27. The van der Waals surface area contributed by atoms with Crippen LogP contribution in [-0.2, 0) is 35.5 Å². The number of carbonyl (C=O) groups is 2. The number of benzene rings is 4. The van der Waals surface area contributed by atoms with E-state index < -0.39 is 0 Å². The van der Waals surface area contributed by atoms with Crippen molar-refractivity contribution in [2.75, 3.05) is 6.61 Å². The largest absolute Gasteiger partial charge is 0.508 e. The maximum absolute atomic E-state index is 13.2. The molecule has 4 heterocycles. The Labute approximate surface area is 382 Å². The van der Waals surface area contributed by atoms with Crippen molar-refractivity contribution in [2.24, 2.45) is 5.92 Å². The number of nitrogens with one attached hydrogen (secondary N) is 2. The Balaban J connectivity index is 0.000000198. The number of rotatable bonds is 17. The number of aromatic nitrogens is 6. The first-order chi connectivity index (χ1) is 31.9. The second-order valence-electron chi connectivity index (χ2n) is 16.6. The summed E-state index contributed by atoms with van der Waals surface area (Å²) in [6.45, 7) is 9.82. The van der Waals surface area contributed by atoms with Gasteiger partial charge in [-0.25, -0.2) is 28.7 Å². The van der Waals surface area contributed by atoms with Crippen LogP contribution in [0.2, 0.25) is 0 Å². The fourth-order valence-corrected chi connectivity index (χ4v) is 7.39. The molecule has 8 rings (SSSR count). The molecule has 0 saturated heterocycles. The normalized spacial score (nSPS) is 12.1. The van der Waals surface area contributed by atoms with Crippen molar-refractivity contribution in [2.45, 2.75) is 78.6 Å². The van der Waals surface area contributed by atoms with Gasteiger partial charge in [-0.1, -0.05) is 62.4 Å². The number of phenols is 1. The Bertz CT molecular complexity index is 2850. The Morgan fingerprint density at radius 3 is 1.45 bits per heavy atom. The van der Waals surface area contributed by atoms with E-state index in [0.717, 1.165) is 62.0 Å². The molecule has 4 aromatic heterocycles. The average molecular weight is 893 g/mol. The van der Waals surface area contributed by atoms with E-state index in [0.29, 0.717) is 38.5 Å². The van der Waals surface area contributed by atoms with Crippen molar-refractivity contribution in [1.82, 2.24) is 39.7 Å². The van der Waals surface area contributed by atoms with Gasteiger partial charge in [0.1, 0.15) is 45.8 Å². The Hall–Kier alpha value is -7.48. The van der Waals surface area contributed by atoms with Crippen LogP contribution in [0.3, 0.4) is 0 Å². The molecule has 2 amide bonds. The highest BCUT2D eigenvalue weighted by Crippen LogP contribution is 2.22. The lowest BCUT2D eigenvalue weighted by molar-refractivity contribution is -0.122. The highest BCUT2D eigenvalue weighted by atomic mass is 19.1. The number of imidazole rings is 2. The molecule has 0 aliphatic heterocycles. The van der Waals surface area contributed by atoms with E-state index in [9.17, 15) is 23.5 Å². The molecule has 3 N–H and O–H groups in total. The zero-order valence-corrected chi connectivity index (χ0v) is 37.5. The molecular formula is C52H54F2N8O4. The molecular weight excluding hydrogens is 839 g/mol. The molecule has 12 nitrogen and oxygen atoms in total. The van der Waals surface area contributed by atoms with Gasteiger partial charge in [0.2, 0.25) is 11.8 Å². The second-order valence-corrected chi connectivity index (χ2v) is 16.6. The summed E-state index contributed by atoms with van der Waals surface area (Å²) in [5, 5.41) is 15.5. The fraction of sp³-hybridized carbons (Fsp3) is 0.269. The van der Waals surface area contributed by atoms with Crippen molar-refractivity contribution < 1.29 is 28.2 Å². The van der Waals surface area contributed by atoms with E-state index in [4.69, 9.17) is 9.72 Å². The monoisotopic (exact) mass is 892 g/mol. The smallest absolute Gasteiger partial charge is 0.220 e. The molecule has 0 fully saturated rings. The van der Waals surface area contributed by atoms with E-state index in [1.165, 1.54) is 24.3 Å². The summed E-state index contributed by atoms with van der Waals surface area (Å²) in [6.07, 6.45) is 4.97. The Morgan fingerprint density at radius 1 is 0.606 bits per heavy atom. The summed E-state index contributed by atoms with van der Waals surface area (Å²) in [5.74, 6) is 2.33. The van der Waals surface area contributed by atoms with Crippen molar-refractivity contribution in [3.05, 3.63) is 179 Å². The van der Waals surface area contributed by atoms with Crippen molar-refractivity contribution in [3.63, 3.8) is 0 Å². The molecule has 0 saturated carbocycles. The van der Waals surface area contributed by atoms with Gasteiger partial charge >= 0.3 is 0 Å². The van der Waals surface area contributed by atoms with Gasteiger partial charge in [0, 0.05) is 38.1 Å². The van der Waals surface area contributed by atoms with Gasteiger partial charge in [-0.15, -0.1) is 0 Å². The van der Waals surface area contributed by atoms with E-state index in [1.807, 2.05) is 79.1 Å². The molecule has 0 spiro atoms. The van der Waals surface area contributed by atoms with Gasteiger partial charge < -0.3 is 29.6 Å². The predicted molar refractivity (Wildman–Crippen MR) is 251 cm³/mol. The summed E-state index contributed by atoms with van der Waals surface area (Å²) in [7, 11) is 0. The molecule has 4 aromatic carbocycles. The average Bonchev–Trinajstić information content (AvgIpc) is 3.85. The summed E-state index contributed by atoms with van der Waals surface area (Å²) in [5.41, 5.74) is 6.93. The maximum atomic E-state index is 13.2. The number of halogens is 2. The van der Waals surface area contributed by atoms with E-state index in [-0.39, 0.29) is 54.1 Å². The minimum Gasteiger partial charge on any atom is -0.508 e. The Kier molecular flexibility index (Phi) is 15.5. The summed E-state index contributed by atoms with van der Waals surface area (Å²) < 4.78 is 36.1. The standard InChI is InChI=1S/C28H31FN4O2.C24H23FN4O2/c1-19(2)18-35-24-12-6-21(7-13-24)17-33-26(32-25-5-4-16-30-28(25)33)14-15-27(34)31-20(3)22-8-10-23(29)11-9-22;1-16(18-6-8-19(25)9-7-18)27-23(31)13-12-22-28-21-3-2-14-26-24(21)29(22)15-17-4-10-20(30)11-5-17/h4-13,16,19-20H,14-15,17-18H2,1-3H3,(H,31,34);2-11,14,16,30H,12-13,15H2,1H3,(H,27,31)/t20-;16-/m00/s1. The highest BCUT2D eigenvalue weighted by Gasteiger charge is 2.18. The van der Waals surface area contributed by atoms with E-state index in [1.54, 1.807) is 48.8 Å². The quantitative estimate of drug-likeness (QED) is 0.0819. The molecule has 2 atom stereocenters. The van der Waals surface area contributed by atoms with Crippen LogP contribution in [0.25, 0.3) is 22.3 Å². The van der Waals surface area contributed by atoms with Gasteiger partial charge in [-0.05, 0) is 115 Å². The van der Waals surface area contributed by atoms with Crippen LogP contribution in [0.5, 0.6) is 11.5 Å². The van der Waals surface area contributed by atoms with Gasteiger partial charge in [0.25, 0.3) is 0 Å². The molecule has 0 aliphatic rings. The first-order valence-electron chi connectivity index (χ1n) is 22.1. The summed E-state index contributed by atoms with van der Waals surface area (Å²) in [6, 6.07) is 34.4. The number of pyridine rings is 2. The Morgan fingerprint density at radius 2 is 1.03 bits per heavy atom. The lowest BCUT2D eigenvalue weighted by Gasteiger charge is -2.15. The van der Waals surface area contributed by atoms with Crippen molar-refractivity contribution in [3.8, 4) is 11.5 Å².